The van der Waals surface area contributed by atoms with Crippen molar-refractivity contribution in [3.63, 3.8) is 0 Å². The van der Waals surface area contributed by atoms with Gasteiger partial charge in [-0.3, -0.25) is 4.68 Å². The molecule has 0 saturated heterocycles. The van der Waals surface area contributed by atoms with Crippen molar-refractivity contribution in [2.75, 3.05) is 5.73 Å². The molecule has 0 radical (unpaired) electrons. The first-order chi connectivity index (χ1) is 9.43. The van der Waals surface area contributed by atoms with Crippen molar-refractivity contribution >= 4 is 44.8 Å². The van der Waals surface area contributed by atoms with Crippen LogP contribution in [0.5, 0.6) is 5.75 Å². The Balaban J connectivity index is 2.24. The minimum Gasteiger partial charge on any atom is -0.484 e. The molecular formula is C13H14BrCl2N3O. The Kier molecular flexibility index (Phi) is 4.83. The highest BCUT2D eigenvalue weighted by Crippen LogP contribution is 2.35. The van der Waals surface area contributed by atoms with Gasteiger partial charge >= 0.3 is 0 Å². The van der Waals surface area contributed by atoms with Crippen LogP contribution in [0.25, 0.3) is 0 Å². The zero-order valence-electron chi connectivity index (χ0n) is 11.1. The number of benzene rings is 1. The van der Waals surface area contributed by atoms with Crippen LogP contribution in [0.15, 0.2) is 16.6 Å². The summed E-state index contributed by atoms with van der Waals surface area (Å²) < 4.78 is 8.18. The first-order valence-corrected chi connectivity index (χ1v) is 7.56. The number of aromatic nitrogens is 2. The van der Waals surface area contributed by atoms with Gasteiger partial charge in [-0.05, 0) is 34.5 Å². The fourth-order valence-corrected chi connectivity index (χ4v) is 3.15. The van der Waals surface area contributed by atoms with Gasteiger partial charge in [0.15, 0.2) is 5.75 Å². The lowest BCUT2D eigenvalue weighted by Crippen LogP contribution is -2.05. The molecule has 0 bridgehead atoms. The summed E-state index contributed by atoms with van der Waals surface area (Å²) in [6.07, 6.45) is 0.777. The van der Waals surface area contributed by atoms with E-state index in [2.05, 4.69) is 21.0 Å². The summed E-state index contributed by atoms with van der Waals surface area (Å²) in [7, 11) is 1.84. The summed E-state index contributed by atoms with van der Waals surface area (Å²) in [5.41, 5.74) is 8.04. The van der Waals surface area contributed by atoms with E-state index in [9.17, 15) is 0 Å². The van der Waals surface area contributed by atoms with E-state index in [1.807, 2.05) is 14.0 Å². The number of nitrogen functional groups attached to an aromatic ring is 1. The lowest BCUT2D eigenvalue weighted by Gasteiger charge is -2.11. The first-order valence-electron chi connectivity index (χ1n) is 6.01. The predicted molar refractivity (Wildman–Crippen MR) is 85.5 cm³/mol. The van der Waals surface area contributed by atoms with E-state index in [-0.39, 0.29) is 6.61 Å². The van der Waals surface area contributed by atoms with Gasteiger partial charge in [-0.15, -0.1) is 0 Å². The molecule has 1 aromatic heterocycles. The number of halogens is 3. The fourth-order valence-electron chi connectivity index (χ4n) is 1.85. The highest BCUT2D eigenvalue weighted by atomic mass is 79.9. The fraction of sp³-hybridized carbons (Fsp3) is 0.308. The molecule has 0 amide bonds. The molecule has 0 spiro atoms. The number of aryl methyl sites for hydroxylation is 2. The van der Waals surface area contributed by atoms with Crippen LogP contribution in [0.1, 0.15) is 18.3 Å². The average molecular weight is 379 g/mol. The first kappa shape index (κ1) is 15.5. The van der Waals surface area contributed by atoms with Crippen LogP contribution in [-0.2, 0) is 20.1 Å². The summed E-state index contributed by atoms with van der Waals surface area (Å²) in [4.78, 5) is 0. The van der Waals surface area contributed by atoms with Gasteiger partial charge < -0.3 is 10.5 Å². The van der Waals surface area contributed by atoms with Gasteiger partial charge in [0.25, 0.3) is 0 Å². The molecule has 0 atom stereocenters. The summed E-state index contributed by atoms with van der Waals surface area (Å²) in [5, 5.41) is 5.53. The van der Waals surface area contributed by atoms with Gasteiger partial charge in [-0.25, -0.2) is 0 Å². The van der Waals surface area contributed by atoms with Crippen LogP contribution in [0.2, 0.25) is 10.0 Å². The average Bonchev–Trinajstić information content (AvgIpc) is 2.64. The van der Waals surface area contributed by atoms with Crippen molar-refractivity contribution in [2.24, 2.45) is 7.05 Å². The van der Waals surface area contributed by atoms with Crippen molar-refractivity contribution in [3.05, 3.63) is 38.0 Å². The van der Waals surface area contributed by atoms with Crippen LogP contribution < -0.4 is 10.5 Å². The summed E-state index contributed by atoms with van der Waals surface area (Å²) in [6.45, 7) is 2.29. The van der Waals surface area contributed by atoms with Crippen molar-refractivity contribution in [2.45, 2.75) is 20.0 Å². The molecule has 7 heteroatoms. The molecule has 0 aliphatic carbocycles. The Labute approximate surface area is 135 Å². The van der Waals surface area contributed by atoms with Gasteiger partial charge in [-0.1, -0.05) is 30.1 Å². The summed E-state index contributed by atoms with van der Waals surface area (Å²) >= 11 is 15.6. The van der Waals surface area contributed by atoms with Gasteiger partial charge in [-0.2, -0.15) is 5.10 Å². The number of rotatable bonds is 4. The highest BCUT2D eigenvalue weighted by molar-refractivity contribution is 9.10. The van der Waals surface area contributed by atoms with Gasteiger partial charge in [0.1, 0.15) is 6.61 Å². The summed E-state index contributed by atoms with van der Waals surface area (Å²) in [5.74, 6) is 0.546. The normalized spacial score (nSPS) is 10.8. The number of ether oxygens (including phenoxy) is 1. The second-order valence-electron chi connectivity index (χ2n) is 4.28. The third-order valence-electron chi connectivity index (χ3n) is 2.89. The Bertz CT molecular complexity index is 620. The van der Waals surface area contributed by atoms with E-state index in [0.717, 1.165) is 17.8 Å². The number of nitrogens with zero attached hydrogens (tertiary/aromatic N) is 2. The molecule has 2 N–H and O–H groups in total. The predicted octanol–water partition coefficient (Wildman–Crippen LogP) is 4.21. The molecule has 1 aromatic carbocycles. The number of anilines is 1. The minimum atomic E-state index is 0.284. The molecule has 20 heavy (non-hydrogen) atoms. The van der Waals surface area contributed by atoms with Crippen LogP contribution in [0.4, 0.5) is 5.69 Å². The second-order valence-corrected chi connectivity index (χ2v) is 5.95. The topological polar surface area (TPSA) is 53.1 Å². The number of nitrogens with two attached hydrogens (primary N) is 1. The van der Waals surface area contributed by atoms with Crippen molar-refractivity contribution in [1.82, 2.24) is 9.78 Å². The largest absolute Gasteiger partial charge is 0.484 e. The minimum absolute atomic E-state index is 0.284. The van der Waals surface area contributed by atoms with E-state index in [4.69, 9.17) is 33.7 Å². The Morgan fingerprint density at radius 3 is 2.65 bits per heavy atom. The lowest BCUT2D eigenvalue weighted by atomic mass is 10.3. The maximum atomic E-state index is 6.27. The molecule has 0 unspecified atom stereocenters. The Morgan fingerprint density at radius 2 is 2.10 bits per heavy atom. The zero-order chi connectivity index (χ0) is 14.9. The maximum absolute atomic E-state index is 6.27. The maximum Gasteiger partial charge on any atom is 0.157 e. The van der Waals surface area contributed by atoms with Gasteiger partial charge in [0, 0.05) is 12.1 Å². The molecule has 0 aliphatic heterocycles. The third kappa shape index (κ3) is 3.05. The highest BCUT2D eigenvalue weighted by Gasteiger charge is 2.15. The van der Waals surface area contributed by atoms with Gasteiger partial charge in [0.05, 0.1) is 26.6 Å². The van der Waals surface area contributed by atoms with Gasteiger partial charge in [0.2, 0.25) is 0 Å². The third-order valence-corrected chi connectivity index (χ3v) is 4.14. The molecule has 4 nitrogen and oxygen atoms in total. The molecule has 0 aliphatic rings. The Hall–Kier alpha value is -0.910. The van der Waals surface area contributed by atoms with E-state index >= 15 is 0 Å². The van der Waals surface area contributed by atoms with Crippen molar-refractivity contribution < 1.29 is 4.74 Å². The van der Waals surface area contributed by atoms with E-state index < -0.39 is 0 Å². The molecule has 108 valence electrons. The standard InChI is InChI=1S/C13H14BrCl2N3O/c1-3-10-12(16)11(19(2)18-10)6-20-13-8(14)4-7(15)5-9(13)17/h4-5H,3,6,17H2,1-2H3. The van der Waals surface area contributed by atoms with Crippen LogP contribution in [0, 0.1) is 0 Å². The van der Waals surface area contributed by atoms with E-state index in [1.54, 1.807) is 16.8 Å². The van der Waals surface area contributed by atoms with Crippen LogP contribution in [-0.4, -0.2) is 9.78 Å². The zero-order valence-corrected chi connectivity index (χ0v) is 14.2. The molecule has 1 heterocycles. The van der Waals surface area contributed by atoms with Crippen LogP contribution in [0.3, 0.4) is 0 Å². The van der Waals surface area contributed by atoms with Crippen molar-refractivity contribution in [1.29, 1.82) is 0 Å². The molecule has 2 aromatic rings. The molecule has 2 rings (SSSR count). The summed E-state index contributed by atoms with van der Waals surface area (Å²) in [6, 6.07) is 3.37. The smallest absolute Gasteiger partial charge is 0.157 e. The van der Waals surface area contributed by atoms with E-state index in [0.29, 0.717) is 26.0 Å². The second kappa shape index (κ2) is 6.24. The quantitative estimate of drug-likeness (QED) is 0.810. The SMILES string of the molecule is CCc1nn(C)c(COc2c(N)cc(Cl)cc2Br)c1Cl. The molecule has 0 saturated carbocycles. The lowest BCUT2D eigenvalue weighted by molar-refractivity contribution is 0.295. The molecule has 0 fully saturated rings. The molecular weight excluding hydrogens is 365 g/mol. The number of hydrogen-bond donors (Lipinski definition) is 1. The van der Waals surface area contributed by atoms with Crippen molar-refractivity contribution in [3.8, 4) is 5.75 Å². The Morgan fingerprint density at radius 1 is 1.40 bits per heavy atom. The van der Waals surface area contributed by atoms with E-state index in [1.165, 1.54) is 0 Å². The number of hydrogen-bond acceptors (Lipinski definition) is 3. The van der Waals surface area contributed by atoms with Crippen LogP contribution >= 0.6 is 39.1 Å². The monoisotopic (exact) mass is 377 g/mol.